The Hall–Kier alpha value is -3.35. The lowest BCUT2D eigenvalue weighted by Gasteiger charge is -2.13. The van der Waals surface area contributed by atoms with E-state index in [0.29, 0.717) is 17.5 Å². The molecule has 2 aromatic carbocycles. The van der Waals surface area contributed by atoms with Gasteiger partial charge in [-0.3, -0.25) is 9.69 Å². The fraction of sp³-hybridized carbons (Fsp3) is 0.250. The van der Waals surface area contributed by atoms with Crippen molar-refractivity contribution < 1.29 is 23.9 Å². The maximum atomic E-state index is 12.3. The second-order valence-corrected chi connectivity index (χ2v) is 6.07. The average molecular weight is 368 g/mol. The first-order valence-electron chi connectivity index (χ1n) is 8.54. The molecular formula is C20H20N2O5. The van der Waals surface area contributed by atoms with E-state index < -0.39 is 12.0 Å². The Morgan fingerprint density at radius 1 is 1.11 bits per heavy atom. The Labute approximate surface area is 156 Å². The van der Waals surface area contributed by atoms with E-state index in [9.17, 15) is 14.4 Å². The van der Waals surface area contributed by atoms with Crippen molar-refractivity contribution in [3.63, 3.8) is 0 Å². The average Bonchev–Trinajstić information content (AvgIpc) is 3.00. The lowest BCUT2D eigenvalue weighted by molar-refractivity contribution is -0.125. The third-order valence-corrected chi connectivity index (χ3v) is 4.22. The van der Waals surface area contributed by atoms with Crippen molar-refractivity contribution in [1.29, 1.82) is 0 Å². The van der Waals surface area contributed by atoms with Gasteiger partial charge in [-0.1, -0.05) is 24.3 Å². The summed E-state index contributed by atoms with van der Waals surface area (Å²) < 4.78 is 10.4. The van der Waals surface area contributed by atoms with Gasteiger partial charge in [0.05, 0.1) is 32.4 Å². The number of urea groups is 1. The highest BCUT2D eigenvalue weighted by Crippen LogP contribution is 2.14. The molecule has 1 aliphatic rings. The molecule has 0 spiro atoms. The number of carbonyl (C=O) groups excluding carboxylic acids is 3. The number of methoxy groups -OCH3 is 1. The number of carbonyl (C=O) groups is 3. The predicted molar refractivity (Wildman–Crippen MR) is 97.4 cm³/mol. The predicted octanol–water partition coefficient (Wildman–Crippen LogP) is 2.15. The molecule has 0 aliphatic carbocycles. The number of imide groups is 1. The molecule has 7 nitrogen and oxygen atoms in total. The van der Waals surface area contributed by atoms with E-state index in [0.717, 1.165) is 16.2 Å². The van der Waals surface area contributed by atoms with E-state index >= 15 is 0 Å². The van der Waals surface area contributed by atoms with Crippen LogP contribution >= 0.6 is 0 Å². The molecule has 0 unspecified atom stereocenters. The van der Waals surface area contributed by atoms with Crippen LogP contribution in [0.1, 0.15) is 21.5 Å². The number of nitrogens with zero attached hydrogens (tertiary/aromatic N) is 1. The molecule has 2 aromatic rings. The zero-order valence-corrected chi connectivity index (χ0v) is 14.9. The van der Waals surface area contributed by atoms with Crippen molar-refractivity contribution in [3.05, 3.63) is 65.2 Å². The van der Waals surface area contributed by atoms with Gasteiger partial charge in [0.15, 0.2) is 0 Å². The lowest BCUT2D eigenvalue weighted by Crippen LogP contribution is -2.30. The summed E-state index contributed by atoms with van der Waals surface area (Å²) in [6, 6.07) is 13.9. The van der Waals surface area contributed by atoms with Crippen LogP contribution in [0.25, 0.3) is 0 Å². The number of hydrogen-bond acceptors (Lipinski definition) is 5. The monoisotopic (exact) mass is 368 g/mol. The lowest BCUT2D eigenvalue weighted by atomic mass is 10.1. The van der Waals surface area contributed by atoms with Gasteiger partial charge in [0, 0.05) is 6.42 Å². The largest absolute Gasteiger partial charge is 0.497 e. The van der Waals surface area contributed by atoms with Crippen molar-refractivity contribution in [3.8, 4) is 5.75 Å². The highest BCUT2D eigenvalue weighted by molar-refractivity contribution is 6.01. The van der Waals surface area contributed by atoms with Gasteiger partial charge in [0.1, 0.15) is 5.75 Å². The van der Waals surface area contributed by atoms with Crippen LogP contribution in [-0.4, -0.2) is 43.1 Å². The minimum absolute atomic E-state index is 0.00588. The van der Waals surface area contributed by atoms with Crippen LogP contribution < -0.4 is 10.1 Å². The quantitative estimate of drug-likeness (QED) is 0.598. The Bertz CT molecular complexity index is 832. The molecule has 3 amide bonds. The summed E-state index contributed by atoms with van der Waals surface area (Å²) in [5, 5.41) is 2.47. The van der Waals surface area contributed by atoms with E-state index in [1.54, 1.807) is 31.4 Å². The summed E-state index contributed by atoms with van der Waals surface area (Å²) in [6.07, 6.45) is 0.595. The number of amides is 3. The van der Waals surface area contributed by atoms with Crippen molar-refractivity contribution in [2.24, 2.45) is 0 Å². The first-order valence-corrected chi connectivity index (χ1v) is 8.54. The molecule has 0 atom stereocenters. The van der Waals surface area contributed by atoms with Crippen LogP contribution in [0.5, 0.6) is 5.75 Å². The molecule has 1 aliphatic heterocycles. The van der Waals surface area contributed by atoms with Crippen molar-refractivity contribution in [2.75, 3.05) is 20.3 Å². The number of nitrogens with one attached hydrogen (secondary N) is 1. The molecule has 0 radical (unpaired) electrons. The Morgan fingerprint density at radius 3 is 2.56 bits per heavy atom. The first-order chi connectivity index (χ1) is 13.1. The van der Waals surface area contributed by atoms with Crippen LogP contribution in [0.2, 0.25) is 0 Å². The van der Waals surface area contributed by atoms with Gasteiger partial charge in [0.2, 0.25) is 5.91 Å². The summed E-state index contributed by atoms with van der Waals surface area (Å²) in [6.45, 7) is 0.381. The molecule has 140 valence electrons. The second-order valence-electron chi connectivity index (χ2n) is 6.07. The highest BCUT2D eigenvalue weighted by Gasteiger charge is 2.28. The molecule has 0 saturated carbocycles. The minimum atomic E-state index is -0.442. The van der Waals surface area contributed by atoms with E-state index in [2.05, 4.69) is 5.32 Å². The van der Waals surface area contributed by atoms with E-state index in [1.165, 1.54) is 0 Å². The normalized spacial score (nSPS) is 13.4. The molecule has 1 N–H and O–H groups in total. The van der Waals surface area contributed by atoms with Gasteiger partial charge in [-0.05, 0) is 35.4 Å². The number of ether oxygens (including phenoxy) is 2. The molecular weight excluding hydrogens is 348 g/mol. The summed E-state index contributed by atoms with van der Waals surface area (Å²) in [5.74, 6) is 0.0489. The van der Waals surface area contributed by atoms with Gasteiger partial charge >= 0.3 is 12.0 Å². The Morgan fingerprint density at radius 2 is 1.89 bits per heavy atom. The topological polar surface area (TPSA) is 84.9 Å². The molecule has 1 fully saturated rings. The van der Waals surface area contributed by atoms with Crippen LogP contribution in [0.15, 0.2) is 48.5 Å². The molecule has 0 bridgehead atoms. The maximum absolute atomic E-state index is 12.3. The van der Waals surface area contributed by atoms with Gasteiger partial charge in [-0.2, -0.15) is 0 Å². The zero-order valence-electron chi connectivity index (χ0n) is 14.9. The van der Waals surface area contributed by atoms with Crippen LogP contribution in [0.3, 0.4) is 0 Å². The van der Waals surface area contributed by atoms with E-state index in [-0.39, 0.29) is 25.6 Å². The Balaban J connectivity index is 1.55. The smallest absolute Gasteiger partial charge is 0.338 e. The zero-order chi connectivity index (χ0) is 19.2. The summed E-state index contributed by atoms with van der Waals surface area (Å²) in [5.41, 5.74) is 2.11. The fourth-order valence-corrected chi connectivity index (χ4v) is 2.73. The third kappa shape index (κ3) is 4.63. The van der Waals surface area contributed by atoms with Crippen LogP contribution in [0.4, 0.5) is 4.79 Å². The van der Waals surface area contributed by atoms with Crippen molar-refractivity contribution in [2.45, 2.75) is 13.0 Å². The molecule has 3 rings (SSSR count). The van der Waals surface area contributed by atoms with Crippen molar-refractivity contribution in [1.82, 2.24) is 10.2 Å². The number of rotatable bonds is 7. The first kappa shape index (κ1) is 18.4. The molecule has 1 saturated heterocycles. The van der Waals surface area contributed by atoms with Crippen LogP contribution in [0, 0.1) is 0 Å². The van der Waals surface area contributed by atoms with Gasteiger partial charge in [-0.15, -0.1) is 0 Å². The molecule has 7 heteroatoms. The highest BCUT2D eigenvalue weighted by atomic mass is 16.5. The van der Waals surface area contributed by atoms with E-state index in [1.807, 2.05) is 24.3 Å². The third-order valence-electron chi connectivity index (χ3n) is 4.22. The van der Waals surface area contributed by atoms with Crippen LogP contribution in [-0.2, 0) is 22.5 Å². The van der Waals surface area contributed by atoms with Gasteiger partial charge < -0.3 is 14.8 Å². The van der Waals surface area contributed by atoms with Gasteiger partial charge in [0.25, 0.3) is 0 Å². The summed E-state index contributed by atoms with van der Waals surface area (Å²) >= 11 is 0. The van der Waals surface area contributed by atoms with E-state index in [4.69, 9.17) is 9.47 Å². The molecule has 1 heterocycles. The SMILES string of the molecule is COc1ccc(CCOC(=O)c2cccc(CN3C(=O)CNC3=O)c2)cc1. The standard InChI is InChI=1S/C20H20N2O5/c1-26-17-7-5-14(6-8-17)9-10-27-19(24)16-4-2-3-15(11-16)13-22-18(23)12-21-20(22)25/h2-8,11H,9-10,12-13H2,1H3,(H,21,25). The fourth-order valence-electron chi connectivity index (χ4n) is 2.73. The number of benzene rings is 2. The molecule has 0 aromatic heterocycles. The minimum Gasteiger partial charge on any atom is -0.497 e. The van der Waals surface area contributed by atoms with Gasteiger partial charge in [-0.25, -0.2) is 9.59 Å². The van der Waals surface area contributed by atoms with Crippen molar-refractivity contribution >= 4 is 17.9 Å². The second kappa shape index (κ2) is 8.35. The number of esters is 1. The Kier molecular flexibility index (Phi) is 5.71. The summed E-state index contributed by atoms with van der Waals surface area (Å²) in [7, 11) is 1.61. The number of hydrogen-bond donors (Lipinski definition) is 1. The summed E-state index contributed by atoms with van der Waals surface area (Å²) in [4.78, 5) is 36.7. The maximum Gasteiger partial charge on any atom is 0.338 e. The molecule has 27 heavy (non-hydrogen) atoms.